The van der Waals surface area contributed by atoms with E-state index in [0.717, 1.165) is 29.9 Å². The van der Waals surface area contributed by atoms with Gasteiger partial charge in [0.25, 0.3) is 0 Å². The van der Waals surface area contributed by atoms with Crippen molar-refractivity contribution in [2.24, 2.45) is 17.6 Å². The summed E-state index contributed by atoms with van der Waals surface area (Å²) in [5.74, 6) is 1.64. The molecule has 2 nitrogen and oxygen atoms in total. The molecule has 1 aliphatic rings. The second kappa shape index (κ2) is 7.44. The predicted octanol–water partition coefficient (Wildman–Crippen LogP) is 4.10. The fourth-order valence-electron chi connectivity index (χ4n) is 3.34. The van der Waals surface area contributed by atoms with E-state index in [4.69, 9.17) is 17.3 Å². The average Bonchev–Trinajstić information content (AvgIpc) is 2.68. The van der Waals surface area contributed by atoms with E-state index in [9.17, 15) is 0 Å². The summed E-state index contributed by atoms with van der Waals surface area (Å²) in [6, 6.07) is 8.38. The fourth-order valence-corrected chi connectivity index (χ4v) is 3.60. The van der Waals surface area contributed by atoms with Crippen molar-refractivity contribution in [1.29, 1.82) is 0 Å². The van der Waals surface area contributed by atoms with Crippen molar-refractivity contribution in [3.63, 3.8) is 0 Å². The first-order valence-electron chi connectivity index (χ1n) is 7.82. The van der Waals surface area contributed by atoms with Crippen molar-refractivity contribution >= 4 is 11.6 Å². The summed E-state index contributed by atoms with van der Waals surface area (Å²) >= 11 is 6.35. The largest absolute Gasteiger partial charge is 0.329 e. The molecule has 2 unspecified atom stereocenters. The molecule has 0 saturated carbocycles. The lowest BCUT2D eigenvalue weighted by molar-refractivity contribution is 0.204. The highest BCUT2D eigenvalue weighted by Crippen LogP contribution is 2.31. The smallest absolute Gasteiger partial charge is 0.0485 e. The molecule has 0 radical (unpaired) electrons. The number of rotatable bonds is 4. The van der Waals surface area contributed by atoms with Gasteiger partial charge in [-0.25, -0.2) is 0 Å². The third kappa shape index (κ3) is 3.75. The SMILES string of the molecule is CC(C)C1CCCN(C(CN)c2ccccc2Cl)CC1. The molecule has 0 amide bonds. The Hall–Kier alpha value is -0.570. The van der Waals surface area contributed by atoms with Crippen LogP contribution in [0.4, 0.5) is 0 Å². The summed E-state index contributed by atoms with van der Waals surface area (Å²) in [6.45, 7) is 7.59. The standard InChI is InChI=1S/C17H27ClN2/c1-13(2)14-6-5-10-20(11-9-14)17(12-19)15-7-3-4-8-16(15)18/h3-4,7-8,13-14,17H,5-6,9-12,19H2,1-2H3. The van der Waals surface area contributed by atoms with Crippen LogP contribution in [0.5, 0.6) is 0 Å². The van der Waals surface area contributed by atoms with Crippen LogP contribution in [0.15, 0.2) is 24.3 Å². The van der Waals surface area contributed by atoms with Gasteiger partial charge in [-0.1, -0.05) is 43.6 Å². The van der Waals surface area contributed by atoms with Crippen LogP contribution in [-0.2, 0) is 0 Å². The lowest BCUT2D eigenvalue weighted by atomic mass is 9.89. The van der Waals surface area contributed by atoms with Crippen molar-refractivity contribution in [2.75, 3.05) is 19.6 Å². The number of nitrogens with zero attached hydrogens (tertiary/aromatic N) is 1. The Morgan fingerprint density at radius 2 is 2.00 bits per heavy atom. The molecule has 0 aliphatic carbocycles. The van der Waals surface area contributed by atoms with E-state index >= 15 is 0 Å². The maximum atomic E-state index is 6.35. The van der Waals surface area contributed by atoms with E-state index in [0.29, 0.717) is 6.54 Å². The van der Waals surface area contributed by atoms with Gasteiger partial charge in [-0.05, 0) is 55.8 Å². The Morgan fingerprint density at radius 1 is 1.25 bits per heavy atom. The van der Waals surface area contributed by atoms with Gasteiger partial charge in [0.05, 0.1) is 0 Å². The van der Waals surface area contributed by atoms with Crippen LogP contribution < -0.4 is 5.73 Å². The van der Waals surface area contributed by atoms with Crippen LogP contribution in [0.3, 0.4) is 0 Å². The van der Waals surface area contributed by atoms with Crippen molar-refractivity contribution in [3.8, 4) is 0 Å². The van der Waals surface area contributed by atoms with Gasteiger partial charge in [0.15, 0.2) is 0 Å². The molecule has 1 aromatic rings. The monoisotopic (exact) mass is 294 g/mol. The van der Waals surface area contributed by atoms with Crippen LogP contribution in [0.1, 0.15) is 44.7 Å². The van der Waals surface area contributed by atoms with Crippen LogP contribution in [0.25, 0.3) is 0 Å². The van der Waals surface area contributed by atoms with Crippen molar-refractivity contribution in [3.05, 3.63) is 34.9 Å². The molecule has 2 atom stereocenters. The highest BCUT2D eigenvalue weighted by molar-refractivity contribution is 6.31. The van der Waals surface area contributed by atoms with Gasteiger partial charge in [0.1, 0.15) is 0 Å². The molecule has 1 aromatic carbocycles. The first-order chi connectivity index (χ1) is 9.63. The molecule has 3 heteroatoms. The minimum atomic E-state index is 0.259. The maximum Gasteiger partial charge on any atom is 0.0485 e. The first-order valence-corrected chi connectivity index (χ1v) is 8.19. The van der Waals surface area contributed by atoms with Gasteiger partial charge in [0.2, 0.25) is 0 Å². The second-order valence-corrected chi connectivity index (χ2v) is 6.65. The van der Waals surface area contributed by atoms with E-state index < -0.39 is 0 Å². The highest BCUT2D eigenvalue weighted by atomic mass is 35.5. The maximum absolute atomic E-state index is 6.35. The van der Waals surface area contributed by atoms with Gasteiger partial charge in [0, 0.05) is 17.6 Å². The van der Waals surface area contributed by atoms with Crippen LogP contribution >= 0.6 is 11.6 Å². The van der Waals surface area contributed by atoms with E-state index in [1.807, 2.05) is 12.1 Å². The Balaban J connectivity index is 2.10. The minimum Gasteiger partial charge on any atom is -0.329 e. The number of hydrogen-bond donors (Lipinski definition) is 1. The molecular weight excluding hydrogens is 268 g/mol. The molecule has 1 heterocycles. The molecule has 2 N–H and O–H groups in total. The molecule has 20 heavy (non-hydrogen) atoms. The lowest BCUT2D eigenvalue weighted by Gasteiger charge is -2.31. The molecule has 1 aliphatic heterocycles. The van der Waals surface area contributed by atoms with Crippen molar-refractivity contribution in [1.82, 2.24) is 4.90 Å². The van der Waals surface area contributed by atoms with Crippen LogP contribution in [0.2, 0.25) is 5.02 Å². The molecular formula is C17H27ClN2. The average molecular weight is 295 g/mol. The number of nitrogens with two attached hydrogens (primary N) is 1. The molecule has 2 rings (SSSR count). The lowest BCUT2D eigenvalue weighted by Crippen LogP contribution is -2.35. The molecule has 0 spiro atoms. The topological polar surface area (TPSA) is 29.3 Å². The molecule has 0 bridgehead atoms. The van der Waals surface area contributed by atoms with Gasteiger partial charge in [-0.2, -0.15) is 0 Å². The Labute approximate surface area is 128 Å². The van der Waals surface area contributed by atoms with Crippen LogP contribution in [-0.4, -0.2) is 24.5 Å². The van der Waals surface area contributed by atoms with E-state index in [-0.39, 0.29) is 6.04 Å². The number of likely N-dealkylation sites (tertiary alicyclic amines) is 1. The van der Waals surface area contributed by atoms with Gasteiger partial charge in [-0.3, -0.25) is 4.90 Å². The summed E-state index contributed by atoms with van der Waals surface area (Å²) < 4.78 is 0. The van der Waals surface area contributed by atoms with Crippen molar-refractivity contribution in [2.45, 2.75) is 39.2 Å². The summed E-state index contributed by atoms with van der Waals surface area (Å²) in [4.78, 5) is 2.53. The zero-order valence-electron chi connectivity index (χ0n) is 12.7. The predicted molar refractivity (Wildman–Crippen MR) is 87.0 cm³/mol. The molecule has 1 saturated heterocycles. The third-order valence-electron chi connectivity index (χ3n) is 4.68. The van der Waals surface area contributed by atoms with Crippen molar-refractivity contribution < 1.29 is 0 Å². The van der Waals surface area contributed by atoms with Crippen LogP contribution in [0, 0.1) is 11.8 Å². The summed E-state index contributed by atoms with van der Waals surface area (Å²) in [6.07, 6.45) is 3.89. The number of hydrogen-bond acceptors (Lipinski definition) is 2. The third-order valence-corrected chi connectivity index (χ3v) is 5.02. The fraction of sp³-hybridized carbons (Fsp3) is 0.647. The summed E-state index contributed by atoms with van der Waals surface area (Å²) in [5.41, 5.74) is 7.23. The van der Waals surface area contributed by atoms with E-state index in [2.05, 4.69) is 30.9 Å². The quantitative estimate of drug-likeness (QED) is 0.906. The zero-order chi connectivity index (χ0) is 14.5. The Kier molecular flexibility index (Phi) is 5.88. The van der Waals surface area contributed by atoms with Gasteiger partial charge in [-0.15, -0.1) is 0 Å². The highest BCUT2D eigenvalue weighted by Gasteiger charge is 2.25. The number of benzene rings is 1. The minimum absolute atomic E-state index is 0.259. The molecule has 1 fully saturated rings. The zero-order valence-corrected chi connectivity index (χ0v) is 13.4. The number of halogens is 1. The summed E-state index contributed by atoms with van der Waals surface area (Å²) in [5, 5.41) is 0.840. The molecule has 0 aromatic heterocycles. The summed E-state index contributed by atoms with van der Waals surface area (Å²) in [7, 11) is 0. The van der Waals surface area contributed by atoms with E-state index in [1.54, 1.807) is 0 Å². The Bertz CT molecular complexity index is 419. The normalized spacial score (nSPS) is 22.8. The van der Waals surface area contributed by atoms with E-state index in [1.165, 1.54) is 24.8 Å². The van der Waals surface area contributed by atoms with Gasteiger partial charge < -0.3 is 5.73 Å². The molecule has 112 valence electrons. The first kappa shape index (κ1) is 15.8. The Morgan fingerprint density at radius 3 is 2.65 bits per heavy atom. The van der Waals surface area contributed by atoms with Gasteiger partial charge >= 0.3 is 0 Å². The second-order valence-electron chi connectivity index (χ2n) is 6.24.